The molecule has 0 aromatic heterocycles. The molecule has 2 rings (SSSR count). The molecular formula is C12H15FO3. The third-order valence-corrected chi connectivity index (χ3v) is 2.50. The highest BCUT2D eigenvalue weighted by atomic mass is 19.1. The summed E-state index contributed by atoms with van der Waals surface area (Å²) in [5.74, 6) is 0.427. The van der Waals surface area contributed by atoms with E-state index in [0.717, 1.165) is 6.42 Å². The van der Waals surface area contributed by atoms with Crippen molar-refractivity contribution in [2.75, 3.05) is 13.2 Å². The fourth-order valence-corrected chi connectivity index (χ4v) is 1.65. The molecule has 3 nitrogen and oxygen atoms in total. The summed E-state index contributed by atoms with van der Waals surface area (Å²) in [7, 11) is 0. The van der Waals surface area contributed by atoms with Crippen LogP contribution in [0, 0.1) is 5.82 Å². The van der Waals surface area contributed by atoms with Crippen molar-refractivity contribution in [3.8, 4) is 11.5 Å². The molecular weight excluding hydrogens is 211 g/mol. The van der Waals surface area contributed by atoms with Gasteiger partial charge in [0.15, 0.2) is 11.5 Å². The van der Waals surface area contributed by atoms with E-state index in [1.54, 1.807) is 0 Å². The minimum Gasteiger partial charge on any atom is -0.490 e. The minimum absolute atomic E-state index is 0.219. The van der Waals surface area contributed by atoms with Crippen LogP contribution in [0.2, 0.25) is 0 Å². The van der Waals surface area contributed by atoms with Gasteiger partial charge in [0.2, 0.25) is 0 Å². The summed E-state index contributed by atoms with van der Waals surface area (Å²) in [5, 5.41) is 9.81. The maximum absolute atomic E-state index is 13.7. The van der Waals surface area contributed by atoms with E-state index in [0.29, 0.717) is 24.7 Å². The van der Waals surface area contributed by atoms with Gasteiger partial charge in [-0.2, -0.15) is 0 Å². The Morgan fingerprint density at radius 2 is 1.75 bits per heavy atom. The fraction of sp³-hybridized carbons (Fsp3) is 0.500. The van der Waals surface area contributed by atoms with Gasteiger partial charge in [-0.15, -0.1) is 0 Å². The van der Waals surface area contributed by atoms with E-state index >= 15 is 0 Å². The van der Waals surface area contributed by atoms with Crippen LogP contribution in [0.15, 0.2) is 12.1 Å². The van der Waals surface area contributed by atoms with E-state index in [4.69, 9.17) is 9.47 Å². The summed E-state index contributed by atoms with van der Waals surface area (Å²) in [5.41, 5.74) is -1.01. The molecule has 0 unspecified atom stereocenters. The maximum atomic E-state index is 13.7. The first-order valence-corrected chi connectivity index (χ1v) is 5.30. The van der Waals surface area contributed by atoms with Crippen molar-refractivity contribution in [3.05, 3.63) is 23.5 Å². The van der Waals surface area contributed by atoms with Gasteiger partial charge in [0, 0.05) is 18.1 Å². The normalized spacial score (nSPS) is 15.8. The lowest BCUT2D eigenvalue weighted by atomic mass is 9.97. The molecule has 0 aliphatic carbocycles. The second kappa shape index (κ2) is 3.94. The van der Waals surface area contributed by atoms with Crippen LogP contribution < -0.4 is 9.47 Å². The van der Waals surface area contributed by atoms with Crippen molar-refractivity contribution in [1.82, 2.24) is 0 Å². The summed E-state index contributed by atoms with van der Waals surface area (Å²) in [6.07, 6.45) is 0.772. The predicted molar refractivity (Wildman–Crippen MR) is 57.3 cm³/mol. The highest BCUT2D eigenvalue weighted by Gasteiger charge is 2.24. The first-order chi connectivity index (χ1) is 7.48. The number of fused-ring (bicyclic) bond motifs is 1. The molecule has 0 radical (unpaired) electrons. The summed E-state index contributed by atoms with van der Waals surface area (Å²) < 4.78 is 24.5. The van der Waals surface area contributed by atoms with Crippen molar-refractivity contribution < 1.29 is 19.0 Å². The molecule has 16 heavy (non-hydrogen) atoms. The zero-order chi connectivity index (χ0) is 11.8. The van der Waals surface area contributed by atoms with E-state index in [9.17, 15) is 9.50 Å². The zero-order valence-corrected chi connectivity index (χ0v) is 9.42. The van der Waals surface area contributed by atoms with E-state index in [2.05, 4.69) is 0 Å². The summed E-state index contributed by atoms with van der Waals surface area (Å²) in [6.45, 7) is 4.14. The molecule has 0 spiro atoms. The Hall–Kier alpha value is -1.29. The number of benzene rings is 1. The number of ether oxygens (including phenoxy) is 2. The zero-order valence-electron chi connectivity index (χ0n) is 9.42. The summed E-state index contributed by atoms with van der Waals surface area (Å²) in [6, 6.07) is 2.78. The first-order valence-electron chi connectivity index (χ1n) is 5.30. The second-order valence-electron chi connectivity index (χ2n) is 4.39. The smallest absolute Gasteiger partial charge is 0.164 e. The van der Waals surface area contributed by atoms with Crippen LogP contribution in [-0.4, -0.2) is 18.3 Å². The Labute approximate surface area is 93.8 Å². The molecule has 1 aliphatic rings. The van der Waals surface area contributed by atoms with Crippen LogP contribution in [0.5, 0.6) is 11.5 Å². The SMILES string of the molecule is CC(C)(O)c1cc2c(cc1F)OCCCO2. The van der Waals surface area contributed by atoms with Crippen LogP contribution in [0.1, 0.15) is 25.8 Å². The predicted octanol–water partition coefficient (Wildman–Crippen LogP) is 2.21. The number of aliphatic hydroxyl groups is 1. The largest absolute Gasteiger partial charge is 0.490 e. The highest BCUT2D eigenvalue weighted by molar-refractivity contribution is 5.45. The lowest BCUT2D eigenvalue weighted by molar-refractivity contribution is 0.0741. The van der Waals surface area contributed by atoms with Gasteiger partial charge in [0.1, 0.15) is 5.82 Å². The molecule has 0 saturated heterocycles. The van der Waals surface area contributed by atoms with Gasteiger partial charge in [-0.05, 0) is 19.9 Å². The molecule has 88 valence electrons. The lowest BCUT2D eigenvalue weighted by Crippen LogP contribution is -2.17. The van der Waals surface area contributed by atoms with Crippen LogP contribution in [0.4, 0.5) is 4.39 Å². The van der Waals surface area contributed by atoms with Gasteiger partial charge in [-0.25, -0.2) is 4.39 Å². The Morgan fingerprint density at radius 1 is 1.19 bits per heavy atom. The van der Waals surface area contributed by atoms with Crippen molar-refractivity contribution in [2.45, 2.75) is 25.9 Å². The van der Waals surface area contributed by atoms with Crippen LogP contribution in [0.25, 0.3) is 0 Å². The van der Waals surface area contributed by atoms with Crippen LogP contribution in [0.3, 0.4) is 0 Å². The molecule has 1 N–H and O–H groups in total. The molecule has 1 aromatic carbocycles. The van der Waals surface area contributed by atoms with Crippen LogP contribution in [-0.2, 0) is 5.60 Å². The van der Waals surface area contributed by atoms with Gasteiger partial charge >= 0.3 is 0 Å². The number of rotatable bonds is 1. The van der Waals surface area contributed by atoms with Gasteiger partial charge < -0.3 is 14.6 Å². The van der Waals surface area contributed by atoms with E-state index < -0.39 is 11.4 Å². The molecule has 0 fully saturated rings. The van der Waals surface area contributed by atoms with E-state index in [1.165, 1.54) is 26.0 Å². The molecule has 0 atom stereocenters. The van der Waals surface area contributed by atoms with Crippen LogP contribution >= 0.6 is 0 Å². The second-order valence-corrected chi connectivity index (χ2v) is 4.39. The molecule has 0 saturated carbocycles. The van der Waals surface area contributed by atoms with Crippen molar-refractivity contribution in [3.63, 3.8) is 0 Å². The van der Waals surface area contributed by atoms with Gasteiger partial charge in [-0.1, -0.05) is 0 Å². The Kier molecular flexibility index (Phi) is 2.76. The average Bonchev–Trinajstić information content (AvgIpc) is 2.39. The molecule has 0 bridgehead atoms. The summed E-state index contributed by atoms with van der Waals surface area (Å²) in [4.78, 5) is 0. The molecule has 1 aromatic rings. The van der Waals surface area contributed by atoms with Gasteiger partial charge in [0.05, 0.1) is 18.8 Å². The van der Waals surface area contributed by atoms with Gasteiger partial charge in [0.25, 0.3) is 0 Å². The topological polar surface area (TPSA) is 38.7 Å². The minimum atomic E-state index is -1.23. The quantitative estimate of drug-likeness (QED) is 0.798. The summed E-state index contributed by atoms with van der Waals surface area (Å²) >= 11 is 0. The maximum Gasteiger partial charge on any atom is 0.164 e. The average molecular weight is 226 g/mol. The number of hydrogen-bond donors (Lipinski definition) is 1. The standard InChI is InChI=1S/C12H15FO3/c1-12(2,14)8-6-10-11(7-9(8)13)16-5-3-4-15-10/h6-7,14H,3-5H2,1-2H3. The van der Waals surface area contributed by atoms with Gasteiger partial charge in [-0.3, -0.25) is 0 Å². The number of halogens is 1. The fourth-order valence-electron chi connectivity index (χ4n) is 1.65. The third-order valence-electron chi connectivity index (χ3n) is 2.50. The molecule has 1 aliphatic heterocycles. The molecule has 4 heteroatoms. The van der Waals surface area contributed by atoms with Crippen molar-refractivity contribution in [2.24, 2.45) is 0 Å². The Bertz CT molecular complexity index is 396. The van der Waals surface area contributed by atoms with E-state index in [1.807, 2.05) is 0 Å². The van der Waals surface area contributed by atoms with E-state index in [-0.39, 0.29) is 5.56 Å². The molecule has 0 amide bonds. The third kappa shape index (κ3) is 2.11. The monoisotopic (exact) mass is 226 g/mol. The lowest BCUT2D eigenvalue weighted by Gasteiger charge is -2.20. The highest BCUT2D eigenvalue weighted by Crippen LogP contribution is 2.35. The number of hydrogen-bond acceptors (Lipinski definition) is 3. The first kappa shape index (κ1) is 11.2. The Morgan fingerprint density at radius 3 is 2.31 bits per heavy atom. The molecule has 1 heterocycles. The van der Waals surface area contributed by atoms with Crippen molar-refractivity contribution in [1.29, 1.82) is 0 Å². The Balaban J connectivity index is 2.47. The van der Waals surface area contributed by atoms with Crippen molar-refractivity contribution >= 4 is 0 Å².